The highest BCUT2D eigenvalue weighted by atomic mass is 16.6. The minimum Gasteiger partial charge on any atom is -0.493 e. The van der Waals surface area contributed by atoms with Crippen molar-refractivity contribution in [1.82, 2.24) is 0 Å². The van der Waals surface area contributed by atoms with Gasteiger partial charge in [-0.3, -0.25) is 0 Å². The van der Waals surface area contributed by atoms with E-state index in [1.807, 2.05) is 57.2 Å². The number of rotatable bonds is 5. The van der Waals surface area contributed by atoms with E-state index < -0.39 is 5.97 Å². The molecule has 0 aromatic heterocycles. The van der Waals surface area contributed by atoms with Crippen molar-refractivity contribution < 1.29 is 19.0 Å². The normalized spacial score (nSPS) is 15.2. The summed E-state index contributed by atoms with van der Waals surface area (Å²) >= 11 is 0. The summed E-state index contributed by atoms with van der Waals surface area (Å²) in [5.74, 6) is 1.10. The van der Waals surface area contributed by atoms with Gasteiger partial charge in [0.1, 0.15) is 0 Å². The number of hydrogen-bond acceptors (Lipinski definition) is 5. The molecule has 1 heterocycles. The molecule has 2 aromatic carbocycles. The SMILES string of the molecule is COc1cc(/C=C2\N=C(c3cccc(C)c3)OC2=O)ccc1OC(C)C. The van der Waals surface area contributed by atoms with E-state index in [0.717, 1.165) is 16.7 Å². The molecule has 0 saturated heterocycles. The smallest absolute Gasteiger partial charge is 0.363 e. The first-order valence-corrected chi connectivity index (χ1v) is 8.40. The molecule has 0 radical (unpaired) electrons. The van der Waals surface area contributed by atoms with Crippen LogP contribution in [-0.4, -0.2) is 25.1 Å². The van der Waals surface area contributed by atoms with E-state index in [0.29, 0.717) is 17.4 Å². The number of carbonyl (C=O) groups excluding carboxylic acids is 1. The highest BCUT2D eigenvalue weighted by Gasteiger charge is 2.24. The third kappa shape index (κ3) is 3.94. The Labute approximate surface area is 152 Å². The van der Waals surface area contributed by atoms with Crippen molar-refractivity contribution in [1.29, 1.82) is 0 Å². The van der Waals surface area contributed by atoms with Crippen LogP contribution in [0.25, 0.3) is 6.08 Å². The van der Waals surface area contributed by atoms with Crippen LogP contribution in [-0.2, 0) is 9.53 Å². The number of nitrogens with zero attached hydrogens (tertiary/aromatic N) is 1. The second-order valence-corrected chi connectivity index (χ2v) is 6.28. The largest absolute Gasteiger partial charge is 0.493 e. The number of benzene rings is 2. The summed E-state index contributed by atoms with van der Waals surface area (Å²) < 4.78 is 16.4. The van der Waals surface area contributed by atoms with Crippen molar-refractivity contribution in [3.63, 3.8) is 0 Å². The minimum atomic E-state index is -0.469. The van der Waals surface area contributed by atoms with Gasteiger partial charge in [-0.15, -0.1) is 0 Å². The molecule has 0 unspecified atom stereocenters. The summed E-state index contributed by atoms with van der Waals surface area (Å²) in [7, 11) is 1.58. The second kappa shape index (κ2) is 7.44. The highest BCUT2D eigenvalue weighted by molar-refractivity contribution is 6.12. The number of aryl methyl sites for hydroxylation is 1. The molecule has 5 nitrogen and oxygen atoms in total. The number of esters is 1. The summed E-state index contributed by atoms with van der Waals surface area (Å²) in [5, 5.41) is 0. The molecule has 0 saturated carbocycles. The van der Waals surface area contributed by atoms with Crippen molar-refractivity contribution in [2.24, 2.45) is 4.99 Å². The standard InChI is InChI=1S/C21H21NO4/c1-13(2)25-18-9-8-15(12-19(18)24-4)11-17-21(23)26-20(22-17)16-7-5-6-14(3)10-16/h5-13H,1-4H3/b17-11-. The lowest BCUT2D eigenvalue weighted by Crippen LogP contribution is -2.06. The fourth-order valence-corrected chi connectivity index (χ4v) is 2.59. The van der Waals surface area contributed by atoms with Crippen LogP contribution in [0, 0.1) is 6.92 Å². The first-order valence-electron chi connectivity index (χ1n) is 8.40. The predicted molar refractivity (Wildman–Crippen MR) is 101 cm³/mol. The molecule has 0 atom stereocenters. The van der Waals surface area contributed by atoms with E-state index in [9.17, 15) is 4.79 Å². The summed E-state index contributed by atoms with van der Waals surface area (Å²) in [6.45, 7) is 5.88. The Bertz CT molecular complexity index is 897. The van der Waals surface area contributed by atoms with Gasteiger partial charge in [-0.05, 0) is 56.7 Å². The fourth-order valence-electron chi connectivity index (χ4n) is 2.59. The summed E-state index contributed by atoms with van der Waals surface area (Å²) in [5.41, 5.74) is 2.88. The summed E-state index contributed by atoms with van der Waals surface area (Å²) in [6, 6.07) is 13.1. The van der Waals surface area contributed by atoms with Crippen LogP contribution in [0.3, 0.4) is 0 Å². The van der Waals surface area contributed by atoms with E-state index in [2.05, 4.69) is 4.99 Å². The molecule has 26 heavy (non-hydrogen) atoms. The van der Waals surface area contributed by atoms with Crippen LogP contribution in [0.2, 0.25) is 0 Å². The molecule has 1 aliphatic heterocycles. The van der Waals surface area contributed by atoms with Crippen LogP contribution < -0.4 is 9.47 Å². The lowest BCUT2D eigenvalue weighted by Gasteiger charge is -2.13. The van der Waals surface area contributed by atoms with Crippen LogP contribution in [0.5, 0.6) is 11.5 Å². The van der Waals surface area contributed by atoms with Crippen LogP contribution in [0.1, 0.15) is 30.5 Å². The zero-order chi connectivity index (χ0) is 18.7. The molecule has 0 spiro atoms. The van der Waals surface area contributed by atoms with Gasteiger partial charge in [0.25, 0.3) is 0 Å². The number of cyclic esters (lactones) is 1. The zero-order valence-electron chi connectivity index (χ0n) is 15.3. The first-order chi connectivity index (χ1) is 12.5. The van der Waals surface area contributed by atoms with Crippen molar-refractivity contribution >= 4 is 17.9 Å². The number of hydrogen-bond donors (Lipinski definition) is 0. The average Bonchev–Trinajstić information content (AvgIpc) is 2.96. The number of carbonyl (C=O) groups is 1. The molecule has 3 rings (SSSR count). The molecule has 0 aliphatic carbocycles. The second-order valence-electron chi connectivity index (χ2n) is 6.28. The molecule has 0 N–H and O–H groups in total. The van der Waals surface area contributed by atoms with Crippen molar-refractivity contribution in [3.8, 4) is 11.5 Å². The lowest BCUT2D eigenvalue weighted by atomic mass is 10.1. The Kier molecular flexibility index (Phi) is 5.07. The maximum atomic E-state index is 12.2. The third-order valence-electron chi connectivity index (χ3n) is 3.74. The lowest BCUT2D eigenvalue weighted by molar-refractivity contribution is -0.129. The summed E-state index contributed by atoms with van der Waals surface area (Å²) in [4.78, 5) is 16.5. The van der Waals surface area contributed by atoms with Gasteiger partial charge in [0.15, 0.2) is 17.2 Å². The van der Waals surface area contributed by atoms with Gasteiger partial charge >= 0.3 is 5.97 Å². The molecule has 1 aliphatic rings. The Morgan fingerprint density at radius 2 is 1.92 bits per heavy atom. The molecular weight excluding hydrogens is 330 g/mol. The summed E-state index contributed by atoms with van der Waals surface area (Å²) in [6.07, 6.45) is 1.71. The van der Waals surface area contributed by atoms with Crippen molar-refractivity contribution in [3.05, 3.63) is 64.9 Å². The Hall–Kier alpha value is -3.08. The minimum absolute atomic E-state index is 0.0411. The first kappa shape index (κ1) is 17.7. The molecule has 0 amide bonds. The van der Waals surface area contributed by atoms with Gasteiger partial charge < -0.3 is 14.2 Å². The fraction of sp³-hybridized carbons (Fsp3) is 0.238. The highest BCUT2D eigenvalue weighted by Crippen LogP contribution is 2.30. The van der Waals surface area contributed by atoms with Crippen LogP contribution in [0.15, 0.2) is 53.2 Å². The molecule has 0 fully saturated rings. The monoisotopic (exact) mass is 351 g/mol. The number of ether oxygens (including phenoxy) is 3. The maximum absolute atomic E-state index is 12.2. The quantitative estimate of drug-likeness (QED) is 0.600. The van der Waals surface area contributed by atoms with E-state index in [4.69, 9.17) is 14.2 Å². The predicted octanol–water partition coefficient (Wildman–Crippen LogP) is 4.14. The van der Waals surface area contributed by atoms with Gasteiger partial charge in [-0.2, -0.15) is 0 Å². The topological polar surface area (TPSA) is 57.1 Å². The van der Waals surface area contributed by atoms with Gasteiger partial charge in [0.2, 0.25) is 5.90 Å². The maximum Gasteiger partial charge on any atom is 0.363 e. The Morgan fingerprint density at radius 3 is 2.62 bits per heavy atom. The van der Waals surface area contributed by atoms with Crippen LogP contribution in [0.4, 0.5) is 0 Å². The van der Waals surface area contributed by atoms with E-state index in [1.165, 1.54) is 0 Å². The van der Waals surface area contributed by atoms with Gasteiger partial charge in [0, 0.05) is 5.56 Å². The molecule has 2 aromatic rings. The van der Waals surface area contributed by atoms with Gasteiger partial charge in [0.05, 0.1) is 13.2 Å². The van der Waals surface area contributed by atoms with Crippen LogP contribution >= 0.6 is 0 Å². The average molecular weight is 351 g/mol. The zero-order valence-corrected chi connectivity index (χ0v) is 15.3. The van der Waals surface area contributed by atoms with E-state index in [-0.39, 0.29) is 11.8 Å². The Balaban J connectivity index is 1.90. The van der Waals surface area contributed by atoms with Crippen molar-refractivity contribution in [2.75, 3.05) is 7.11 Å². The number of aliphatic imine (C=N–C) groups is 1. The molecular formula is C21H21NO4. The number of methoxy groups -OCH3 is 1. The third-order valence-corrected chi connectivity index (χ3v) is 3.74. The Morgan fingerprint density at radius 1 is 1.12 bits per heavy atom. The van der Waals surface area contributed by atoms with Crippen molar-refractivity contribution in [2.45, 2.75) is 26.9 Å². The molecule has 5 heteroatoms. The van der Waals surface area contributed by atoms with Gasteiger partial charge in [-0.25, -0.2) is 9.79 Å². The van der Waals surface area contributed by atoms with Gasteiger partial charge in [-0.1, -0.05) is 23.8 Å². The van der Waals surface area contributed by atoms with E-state index in [1.54, 1.807) is 19.3 Å². The van der Waals surface area contributed by atoms with E-state index >= 15 is 0 Å². The molecule has 0 bridgehead atoms. The molecule has 134 valence electrons.